The molecule has 0 saturated carbocycles. The first-order valence-corrected chi connectivity index (χ1v) is 14.0. The molecule has 2 aliphatic rings. The summed E-state index contributed by atoms with van der Waals surface area (Å²) in [5.41, 5.74) is 0.941. The Hall–Kier alpha value is -5.23. The number of esters is 2. The van der Waals surface area contributed by atoms with Gasteiger partial charge in [0.2, 0.25) is 5.91 Å². The minimum atomic E-state index is -0.900. The molecule has 11 nitrogen and oxygen atoms in total. The van der Waals surface area contributed by atoms with Gasteiger partial charge in [0.15, 0.2) is 17.3 Å². The Morgan fingerprint density at radius 1 is 0.977 bits per heavy atom. The smallest absolute Gasteiger partial charge is 0.336 e. The van der Waals surface area contributed by atoms with E-state index in [-0.39, 0.29) is 41.0 Å². The van der Waals surface area contributed by atoms with E-state index in [1.807, 2.05) is 0 Å². The summed E-state index contributed by atoms with van der Waals surface area (Å²) in [6.45, 7) is 3.17. The number of hydrogen-bond acceptors (Lipinski definition) is 9. The van der Waals surface area contributed by atoms with Crippen LogP contribution in [0.25, 0.3) is 0 Å². The SMILES string of the molecule is CC(=O)Nc1ccc(C(=O)N(CCN2CCC(C(=O)c3ccc(F)cc3)CC2)c2cccnc2)c2c1OC(=O)/C=C/C(=O)O2. The molecule has 2 aliphatic heterocycles. The lowest BCUT2D eigenvalue weighted by molar-refractivity contribution is -0.133. The minimum absolute atomic E-state index is 0.0129. The van der Waals surface area contributed by atoms with E-state index in [2.05, 4.69) is 15.2 Å². The number of fused-ring (bicyclic) bond motifs is 1. The van der Waals surface area contributed by atoms with Gasteiger partial charge in [-0.2, -0.15) is 0 Å². The quantitative estimate of drug-likeness (QED) is 0.233. The van der Waals surface area contributed by atoms with Gasteiger partial charge in [0, 0.05) is 49.8 Å². The molecule has 0 unspecified atom stereocenters. The standard InChI is InChI=1S/C32H29FN4O7/c1-20(38)35-26-9-8-25(30-31(26)44-28(40)11-10-27(39)43-30)32(42)37(24-3-2-14-34-19-24)18-17-36-15-12-22(13-16-36)29(41)21-4-6-23(33)7-5-21/h2-11,14,19,22H,12-13,15-18H2,1H3,(H,35,38)/b11-10+. The molecule has 0 bridgehead atoms. The monoisotopic (exact) mass is 600 g/mol. The van der Waals surface area contributed by atoms with Crippen LogP contribution in [0.1, 0.15) is 40.5 Å². The molecule has 3 aromatic rings. The van der Waals surface area contributed by atoms with Crippen LogP contribution in [0.2, 0.25) is 0 Å². The van der Waals surface area contributed by atoms with Gasteiger partial charge in [0.1, 0.15) is 5.82 Å². The molecular weight excluding hydrogens is 571 g/mol. The number of rotatable bonds is 8. The molecule has 0 radical (unpaired) electrons. The molecule has 5 rings (SSSR count). The molecule has 226 valence electrons. The van der Waals surface area contributed by atoms with Crippen molar-refractivity contribution in [2.75, 3.05) is 36.4 Å². The van der Waals surface area contributed by atoms with E-state index in [0.717, 1.165) is 12.2 Å². The highest BCUT2D eigenvalue weighted by atomic mass is 19.1. The van der Waals surface area contributed by atoms with Crippen LogP contribution in [0, 0.1) is 11.7 Å². The Balaban J connectivity index is 1.36. The second kappa shape index (κ2) is 13.4. The van der Waals surface area contributed by atoms with Gasteiger partial charge < -0.3 is 24.6 Å². The van der Waals surface area contributed by atoms with Crippen molar-refractivity contribution in [3.8, 4) is 11.5 Å². The summed E-state index contributed by atoms with van der Waals surface area (Å²) in [7, 11) is 0. The molecule has 0 spiro atoms. The van der Waals surface area contributed by atoms with Crippen LogP contribution < -0.4 is 19.7 Å². The Bertz CT molecular complexity index is 1620. The molecule has 3 heterocycles. The van der Waals surface area contributed by atoms with Crippen LogP contribution in [0.15, 0.2) is 73.1 Å². The Morgan fingerprint density at radius 3 is 2.30 bits per heavy atom. The Morgan fingerprint density at radius 2 is 1.66 bits per heavy atom. The van der Waals surface area contributed by atoms with Gasteiger partial charge in [-0.1, -0.05) is 0 Å². The highest BCUT2D eigenvalue weighted by Crippen LogP contribution is 2.41. The fourth-order valence-corrected chi connectivity index (χ4v) is 5.14. The molecule has 1 saturated heterocycles. The van der Waals surface area contributed by atoms with Gasteiger partial charge in [0.25, 0.3) is 5.91 Å². The number of likely N-dealkylation sites (tertiary alicyclic amines) is 1. The molecule has 0 aliphatic carbocycles. The van der Waals surface area contributed by atoms with Crippen molar-refractivity contribution in [2.24, 2.45) is 5.92 Å². The largest absolute Gasteiger partial charge is 0.418 e. The van der Waals surface area contributed by atoms with E-state index in [1.54, 1.807) is 18.3 Å². The van der Waals surface area contributed by atoms with E-state index in [9.17, 15) is 28.4 Å². The molecular formula is C32H29FN4O7. The number of halogens is 1. The first kappa shape index (κ1) is 30.2. The van der Waals surface area contributed by atoms with Crippen LogP contribution in [-0.4, -0.2) is 65.6 Å². The maximum atomic E-state index is 14.1. The van der Waals surface area contributed by atoms with Crippen molar-refractivity contribution in [3.05, 3.63) is 90.0 Å². The lowest BCUT2D eigenvalue weighted by Gasteiger charge is -2.33. The summed E-state index contributed by atoms with van der Waals surface area (Å²) in [4.78, 5) is 71.3. The fraction of sp³-hybridized carbons (Fsp3) is 0.250. The van der Waals surface area contributed by atoms with E-state index < -0.39 is 29.6 Å². The minimum Gasteiger partial charge on any atom is -0.418 e. The number of Topliss-reactive ketones (excluding diaryl/α,β-unsaturated/α-hetero) is 1. The molecule has 1 fully saturated rings. The molecule has 2 aromatic carbocycles. The van der Waals surface area contributed by atoms with Gasteiger partial charge in [-0.3, -0.25) is 19.4 Å². The molecule has 12 heteroatoms. The van der Waals surface area contributed by atoms with Gasteiger partial charge >= 0.3 is 11.9 Å². The summed E-state index contributed by atoms with van der Waals surface area (Å²) in [5.74, 6) is -3.97. The van der Waals surface area contributed by atoms with Crippen molar-refractivity contribution >= 4 is 40.9 Å². The van der Waals surface area contributed by atoms with E-state index >= 15 is 0 Å². The number of ketones is 1. The topological polar surface area (TPSA) is 135 Å². The predicted octanol–water partition coefficient (Wildman–Crippen LogP) is 3.80. The summed E-state index contributed by atoms with van der Waals surface area (Å²) in [6, 6.07) is 11.7. The van der Waals surface area contributed by atoms with Gasteiger partial charge in [-0.15, -0.1) is 0 Å². The number of amides is 2. The maximum absolute atomic E-state index is 14.1. The number of pyridine rings is 1. The number of anilines is 2. The van der Waals surface area contributed by atoms with Crippen LogP contribution >= 0.6 is 0 Å². The number of carbonyl (C=O) groups is 5. The van der Waals surface area contributed by atoms with Crippen molar-refractivity contribution in [2.45, 2.75) is 19.8 Å². The number of hydrogen-bond donors (Lipinski definition) is 1. The number of ether oxygens (including phenoxy) is 2. The second-order valence-electron chi connectivity index (χ2n) is 10.3. The molecule has 0 atom stereocenters. The second-order valence-corrected chi connectivity index (χ2v) is 10.3. The lowest BCUT2D eigenvalue weighted by Crippen LogP contribution is -2.43. The van der Waals surface area contributed by atoms with Gasteiger partial charge in [-0.25, -0.2) is 14.0 Å². The summed E-state index contributed by atoms with van der Waals surface area (Å²) < 4.78 is 24.1. The number of nitrogens with one attached hydrogen (secondary N) is 1. The van der Waals surface area contributed by atoms with Crippen molar-refractivity contribution < 1.29 is 37.8 Å². The molecule has 2 amide bonds. The summed E-state index contributed by atoms with van der Waals surface area (Å²) in [5, 5.41) is 2.52. The number of benzene rings is 2. The highest BCUT2D eigenvalue weighted by Gasteiger charge is 2.31. The zero-order valence-electron chi connectivity index (χ0n) is 23.8. The van der Waals surface area contributed by atoms with Crippen molar-refractivity contribution in [1.29, 1.82) is 0 Å². The number of nitrogens with zero attached hydrogens (tertiary/aromatic N) is 3. The average molecular weight is 601 g/mol. The fourth-order valence-electron chi connectivity index (χ4n) is 5.14. The molecule has 1 N–H and O–H groups in total. The van der Waals surface area contributed by atoms with E-state index in [0.29, 0.717) is 43.7 Å². The van der Waals surface area contributed by atoms with E-state index in [4.69, 9.17) is 9.47 Å². The number of aromatic nitrogens is 1. The van der Waals surface area contributed by atoms with Crippen LogP contribution in [0.3, 0.4) is 0 Å². The van der Waals surface area contributed by atoms with Gasteiger partial charge in [-0.05, 0) is 74.5 Å². The molecule has 1 aromatic heterocycles. The maximum Gasteiger partial charge on any atom is 0.336 e. The third-order valence-corrected chi connectivity index (χ3v) is 7.34. The average Bonchev–Trinajstić information content (AvgIpc) is 3.01. The summed E-state index contributed by atoms with van der Waals surface area (Å²) >= 11 is 0. The third kappa shape index (κ3) is 7.04. The predicted molar refractivity (Wildman–Crippen MR) is 157 cm³/mol. The third-order valence-electron chi connectivity index (χ3n) is 7.34. The van der Waals surface area contributed by atoms with Crippen LogP contribution in [0.5, 0.6) is 11.5 Å². The molecule has 44 heavy (non-hydrogen) atoms. The number of carbonyl (C=O) groups excluding carboxylic acids is 5. The summed E-state index contributed by atoms with van der Waals surface area (Å²) in [6.07, 6.45) is 6.09. The van der Waals surface area contributed by atoms with Crippen molar-refractivity contribution in [3.63, 3.8) is 0 Å². The zero-order valence-corrected chi connectivity index (χ0v) is 23.8. The highest BCUT2D eigenvalue weighted by molar-refractivity contribution is 6.10. The Labute approximate surface area is 252 Å². The first-order chi connectivity index (χ1) is 21.2. The lowest BCUT2D eigenvalue weighted by atomic mass is 9.89. The van der Waals surface area contributed by atoms with Crippen LogP contribution in [-0.2, 0) is 14.4 Å². The van der Waals surface area contributed by atoms with Crippen molar-refractivity contribution in [1.82, 2.24) is 9.88 Å². The van der Waals surface area contributed by atoms with E-state index in [1.165, 1.54) is 54.4 Å². The zero-order chi connectivity index (χ0) is 31.2. The van der Waals surface area contributed by atoms with Crippen LogP contribution in [0.4, 0.5) is 15.8 Å². The van der Waals surface area contributed by atoms with Gasteiger partial charge in [0.05, 0.1) is 23.1 Å². The normalized spacial score (nSPS) is 16.0. The number of piperidine rings is 1. The first-order valence-electron chi connectivity index (χ1n) is 14.0. The Kier molecular flexibility index (Phi) is 9.20.